The van der Waals surface area contributed by atoms with Crippen molar-refractivity contribution in [3.8, 4) is 0 Å². The highest BCUT2D eigenvalue weighted by atomic mass is 32.1. The number of hydrogen-bond acceptors (Lipinski definition) is 5. The topological polar surface area (TPSA) is 74.0 Å². The monoisotopic (exact) mass is 322 g/mol. The van der Waals surface area contributed by atoms with Crippen LogP contribution in [0.3, 0.4) is 0 Å². The molecule has 3 rings (SSSR count). The Labute approximate surface area is 131 Å². The van der Waals surface area contributed by atoms with Gasteiger partial charge < -0.3 is 14.4 Å². The van der Waals surface area contributed by atoms with Crippen molar-refractivity contribution in [2.75, 3.05) is 32.7 Å². The zero-order valence-electron chi connectivity index (χ0n) is 12.2. The summed E-state index contributed by atoms with van der Waals surface area (Å²) >= 11 is 1.46. The fourth-order valence-corrected chi connectivity index (χ4v) is 3.61. The van der Waals surface area contributed by atoms with E-state index < -0.39 is 5.97 Å². The minimum absolute atomic E-state index is 0.0570. The first kappa shape index (κ1) is 15.1. The van der Waals surface area contributed by atoms with Gasteiger partial charge in [-0.05, 0) is 19.0 Å². The number of amides is 1. The normalized spacial score (nSPS) is 16.3. The van der Waals surface area contributed by atoms with E-state index in [1.807, 2.05) is 17.0 Å². The molecule has 1 aliphatic heterocycles. The van der Waals surface area contributed by atoms with Crippen molar-refractivity contribution in [2.24, 2.45) is 0 Å². The maximum absolute atomic E-state index is 12.5. The van der Waals surface area contributed by atoms with Crippen LogP contribution < -0.4 is 0 Å². The molecule has 1 fully saturated rings. The molecule has 0 aliphatic carbocycles. The van der Waals surface area contributed by atoms with E-state index in [0.29, 0.717) is 24.4 Å². The van der Waals surface area contributed by atoms with Gasteiger partial charge in [0.15, 0.2) is 0 Å². The Hall–Kier alpha value is -1.86. The molecule has 6 nitrogen and oxygen atoms in total. The Kier molecular flexibility index (Phi) is 4.44. The Bertz CT molecular complexity index is 641. The van der Waals surface area contributed by atoms with Gasteiger partial charge in [-0.1, -0.05) is 0 Å². The van der Waals surface area contributed by atoms with Gasteiger partial charge in [0.2, 0.25) is 0 Å². The van der Waals surface area contributed by atoms with E-state index in [1.165, 1.54) is 11.3 Å². The molecule has 0 atom stereocenters. The molecule has 0 radical (unpaired) electrons. The van der Waals surface area contributed by atoms with E-state index in [9.17, 15) is 9.59 Å². The van der Waals surface area contributed by atoms with Crippen LogP contribution in [-0.4, -0.2) is 59.5 Å². The van der Waals surface area contributed by atoms with E-state index in [1.54, 1.807) is 6.26 Å². The number of fused-ring (bicyclic) bond motifs is 1. The highest BCUT2D eigenvalue weighted by molar-refractivity contribution is 7.20. The number of nitrogens with zero attached hydrogens (tertiary/aromatic N) is 2. The number of hydrogen-bond donors (Lipinski definition) is 1. The summed E-state index contributed by atoms with van der Waals surface area (Å²) in [4.78, 5) is 27.8. The summed E-state index contributed by atoms with van der Waals surface area (Å²) in [5.41, 5.74) is 0.764. The van der Waals surface area contributed by atoms with Crippen LogP contribution in [0.2, 0.25) is 0 Å². The average Bonchev–Trinajstić information content (AvgIpc) is 3.08. The smallest absolute Gasteiger partial charge is 0.303 e. The summed E-state index contributed by atoms with van der Waals surface area (Å²) in [7, 11) is 0. The van der Waals surface area contributed by atoms with Gasteiger partial charge in [-0.15, -0.1) is 11.3 Å². The third-order valence-electron chi connectivity index (χ3n) is 3.87. The van der Waals surface area contributed by atoms with E-state index in [2.05, 4.69) is 4.90 Å². The second-order valence-electron chi connectivity index (χ2n) is 5.39. The standard InChI is InChI=1S/C15H18N2O4S/c18-14(19)2-1-4-16-5-7-17(8-6-16)15(20)13-10-11-12(22-13)3-9-21-11/h3,9-10H,1-2,4-8H2,(H,18,19). The molecule has 118 valence electrons. The van der Waals surface area contributed by atoms with Crippen molar-refractivity contribution in [3.05, 3.63) is 23.3 Å². The molecular formula is C15H18N2O4S. The van der Waals surface area contributed by atoms with Gasteiger partial charge in [-0.2, -0.15) is 0 Å². The van der Waals surface area contributed by atoms with Crippen LogP contribution in [0.25, 0.3) is 10.3 Å². The number of furan rings is 1. The van der Waals surface area contributed by atoms with Crippen molar-refractivity contribution in [1.29, 1.82) is 0 Å². The van der Waals surface area contributed by atoms with Crippen molar-refractivity contribution in [2.45, 2.75) is 12.8 Å². The summed E-state index contributed by atoms with van der Waals surface area (Å²) in [6.45, 7) is 3.75. The first-order chi connectivity index (χ1) is 10.6. The average molecular weight is 322 g/mol. The maximum Gasteiger partial charge on any atom is 0.303 e. The second kappa shape index (κ2) is 6.50. The van der Waals surface area contributed by atoms with Gasteiger partial charge in [0.1, 0.15) is 5.58 Å². The largest absolute Gasteiger partial charge is 0.481 e. The number of thiophene rings is 1. The maximum atomic E-state index is 12.5. The first-order valence-electron chi connectivity index (χ1n) is 7.34. The zero-order valence-corrected chi connectivity index (χ0v) is 13.0. The third-order valence-corrected chi connectivity index (χ3v) is 4.94. The summed E-state index contributed by atoms with van der Waals surface area (Å²) in [6, 6.07) is 3.68. The molecule has 2 aromatic heterocycles. The van der Waals surface area contributed by atoms with Gasteiger partial charge in [-0.25, -0.2) is 0 Å². The number of aliphatic carboxylic acids is 1. The summed E-state index contributed by atoms with van der Waals surface area (Å²) in [6.07, 6.45) is 2.49. The van der Waals surface area contributed by atoms with Crippen LogP contribution in [0.15, 0.2) is 22.8 Å². The number of carbonyl (C=O) groups excluding carboxylic acids is 1. The highest BCUT2D eigenvalue weighted by Crippen LogP contribution is 2.27. The van der Waals surface area contributed by atoms with Crippen LogP contribution in [0.1, 0.15) is 22.5 Å². The van der Waals surface area contributed by atoms with Crippen LogP contribution >= 0.6 is 11.3 Å². The number of piperazine rings is 1. The van der Waals surface area contributed by atoms with Crippen molar-refractivity contribution in [1.82, 2.24) is 9.80 Å². The fourth-order valence-electron chi connectivity index (χ4n) is 2.66. The fraction of sp³-hybridized carbons (Fsp3) is 0.467. The quantitative estimate of drug-likeness (QED) is 0.912. The molecule has 7 heteroatoms. The number of carboxylic acids is 1. The molecule has 1 aliphatic rings. The van der Waals surface area contributed by atoms with Crippen LogP contribution in [0, 0.1) is 0 Å². The van der Waals surface area contributed by atoms with Gasteiger partial charge in [-0.3, -0.25) is 14.5 Å². The van der Waals surface area contributed by atoms with E-state index in [0.717, 1.165) is 29.9 Å². The molecule has 0 aromatic carbocycles. The van der Waals surface area contributed by atoms with E-state index in [4.69, 9.17) is 9.52 Å². The predicted octanol–water partition coefficient (Wildman–Crippen LogP) is 2.12. The Morgan fingerprint density at radius 2 is 2.05 bits per heavy atom. The number of carboxylic acid groups (broad SMARTS) is 1. The number of rotatable bonds is 5. The van der Waals surface area contributed by atoms with Gasteiger partial charge in [0.05, 0.1) is 15.8 Å². The molecule has 1 N–H and O–H groups in total. The predicted molar refractivity (Wildman–Crippen MR) is 83.3 cm³/mol. The van der Waals surface area contributed by atoms with Gasteiger partial charge >= 0.3 is 5.97 Å². The van der Waals surface area contributed by atoms with Gasteiger partial charge in [0, 0.05) is 38.7 Å². The summed E-state index contributed by atoms with van der Waals surface area (Å²) in [5.74, 6) is -0.697. The van der Waals surface area contributed by atoms with Crippen LogP contribution in [0.5, 0.6) is 0 Å². The molecule has 3 heterocycles. The lowest BCUT2D eigenvalue weighted by Crippen LogP contribution is -2.48. The highest BCUT2D eigenvalue weighted by Gasteiger charge is 2.23. The van der Waals surface area contributed by atoms with Crippen LogP contribution in [-0.2, 0) is 4.79 Å². The van der Waals surface area contributed by atoms with Gasteiger partial charge in [0.25, 0.3) is 5.91 Å². The van der Waals surface area contributed by atoms with Crippen molar-refractivity contribution >= 4 is 33.5 Å². The van der Waals surface area contributed by atoms with Crippen LogP contribution in [0.4, 0.5) is 0 Å². The molecule has 0 unspecified atom stereocenters. The summed E-state index contributed by atoms with van der Waals surface area (Å²) < 4.78 is 6.30. The molecule has 0 saturated carbocycles. The van der Waals surface area contributed by atoms with Crippen molar-refractivity contribution < 1.29 is 19.1 Å². The minimum Gasteiger partial charge on any atom is -0.481 e. The minimum atomic E-state index is -0.754. The molecule has 0 spiro atoms. The molecule has 22 heavy (non-hydrogen) atoms. The first-order valence-corrected chi connectivity index (χ1v) is 8.15. The lowest BCUT2D eigenvalue weighted by molar-refractivity contribution is -0.137. The number of carbonyl (C=O) groups is 2. The zero-order chi connectivity index (χ0) is 15.5. The van der Waals surface area contributed by atoms with E-state index >= 15 is 0 Å². The SMILES string of the molecule is O=C(O)CCCN1CCN(C(=O)c2cc3occc3s2)CC1. The lowest BCUT2D eigenvalue weighted by Gasteiger charge is -2.34. The third kappa shape index (κ3) is 3.31. The van der Waals surface area contributed by atoms with E-state index in [-0.39, 0.29) is 12.3 Å². The molecule has 2 aromatic rings. The molecular weight excluding hydrogens is 304 g/mol. The lowest BCUT2D eigenvalue weighted by atomic mass is 10.2. The molecule has 1 saturated heterocycles. The van der Waals surface area contributed by atoms with Crippen molar-refractivity contribution in [3.63, 3.8) is 0 Å². The Balaban J connectivity index is 1.51. The Morgan fingerprint density at radius 3 is 2.73 bits per heavy atom. The molecule has 1 amide bonds. The molecule has 0 bridgehead atoms. The second-order valence-corrected chi connectivity index (χ2v) is 6.47. The summed E-state index contributed by atoms with van der Waals surface area (Å²) in [5, 5.41) is 8.65. The Morgan fingerprint density at radius 1 is 1.27 bits per heavy atom.